The van der Waals surface area contributed by atoms with Gasteiger partial charge in [0.15, 0.2) is 0 Å². The monoisotopic (exact) mass is 669 g/mol. The van der Waals surface area contributed by atoms with Crippen molar-refractivity contribution in [3.63, 3.8) is 0 Å². The van der Waals surface area contributed by atoms with Gasteiger partial charge in [-0.05, 0) is 103 Å². The molecule has 1 aliphatic heterocycles. The smallest absolute Gasteiger partial charge is 0.408 e. The summed E-state index contributed by atoms with van der Waals surface area (Å²) in [5.74, 6) is -1.16. The number of carbonyl (C=O) groups excluding carboxylic acids is 4. The molecular formula is C36H51N3O7S. The molecule has 2 amide bonds. The van der Waals surface area contributed by atoms with Crippen LogP contribution in [0.2, 0.25) is 0 Å². The summed E-state index contributed by atoms with van der Waals surface area (Å²) >= 11 is 1.27. The number of benzene rings is 1. The topological polar surface area (TPSA) is 114 Å². The lowest BCUT2D eigenvalue weighted by atomic mass is 9.82. The number of amides is 2. The number of hydrogen-bond acceptors (Lipinski definition) is 9. The summed E-state index contributed by atoms with van der Waals surface area (Å²) < 4.78 is 16.2. The Hall–Kier alpha value is -3.44. The molecule has 258 valence electrons. The number of hydrogen-bond donors (Lipinski definition) is 1. The maximum atomic E-state index is 14.4. The number of ether oxygens (including phenoxy) is 3. The molecule has 1 aromatic carbocycles. The molecule has 0 unspecified atom stereocenters. The van der Waals surface area contributed by atoms with Gasteiger partial charge >= 0.3 is 18.0 Å². The van der Waals surface area contributed by atoms with Gasteiger partial charge in [0.05, 0.1) is 5.69 Å². The Balaban J connectivity index is 1.58. The van der Waals surface area contributed by atoms with E-state index in [2.05, 4.69) is 24.2 Å². The van der Waals surface area contributed by atoms with E-state index >= 15 is 0 Å². The Bertz CT molecular complexity index is 1370. The molecule has 47 heavy (non-hydrogen) atoms. The van der Waals surface area contributed by atoms with Gasteiger partial charge in [-0.25, -0.2) is 14.4 Å². The van der Waals surface area contributed by atoms with Gasteiger partial charge in [0.25, 0.3) is 0 Å². The molecule has 1 saturated heterocycles. The summed E-state index contributed by atoms with van der Waals surface area (Å²) in [6, 6.07) is 10.6. The van der Waals surface area contributed by atoms with Crippen LogP contribution >= 0.6 is 11.3 Å². The van der Waals surface area contributed by atoms with E-state index in [1.54, 1.807) is 34.6 Å². The van der Waals surface area contributed by atoms with Crippen LogP contribution in [0.15, 0.2) is 36.4 Å². The molecule has 1 aromatic heterocycles. The van der Waals surface area contributed by atoms with Crippen molar-refractivity contribution in [1.29, 1.82) is 0 Å². The third-order valence-corrected chi connectivity index (χ3v) is 10.0. The van der Waals surface area contributed by atoms with Crippen LogP contribution in [0, 0.1) is 17.8 Å². The maximum Gasteiger partial charge on any atom is 0.408 e. The number of thiophene rings is 1. The minimum absolute atomic E-state index is 0.0496. The van der Waals surface area contributed by atoms with Crippen LogP contribution in [-0.2, 0) is 23.8 Å². The van der Waals surface area contributed by atoms with Crippen molar-refractivity contribution in [3.05, 3.63) is 41.3 Å². The first-order valence-electron chi connectivity index (χ1n) is 16.8. The predicted molar refractivity (Wildman–Crippen MR) is 183 cm³/mol. The highest BCUT2D eigenvalue weighted by Gasteiger charge is 2.37. The van der Waals surface area contributed by atoms with Crippen molar-refractivity contribution >= 4 is 41.0 Å². The van der Waals surface area contributed by atoms with Crippen LogP contribution in [0.4, 0.5) is 10.5 Å². The first-order valence-corrected chi connectivity index (χ1v) is 17.6. The van der Waals surface area contributed by atoms with E-state index in [0.29, 0.717) is 16.5 Å². The summed E-state index contributed by atoms with van der Waals surface area (Å²) in [6.07, 6.45) is 4.55. The molecule has 1 atom stereocenters. The number of esters is 2. The first kappa shape index (κ1) is 36.4. The SMILES string of the molecule is CC1CCC(C(=O)N(c2cc(-c3ccccc3)sc2C(=O)OCOC(=O)[C@@H](NC(=O)OC(C)(C)C)C(C)C)C2CCN(C)CC2)CC1. The second kappa shape index (κ2) is 16.1. The number of carbonyl (C=O) groups is 4. The molecule has 2 aromatic rings. The van der Waals surface area contributed by atoms with Crippen LogP contribution in [0.3, 0.4) is 0 Å². The van der Waals surface area contributed by atoms with E-state index in [-0.39, 0.29) is 23.8 Å². The molecule has 1 aliphatic carbocycles. The van der Waals surface area contributed by atoms with Gasteiger partial charge in [-0.15, -0.1) is 11.3 Å². The zero-order chi connectivity index (χ0) is 34.3. The van der Waals surface area contributed by atoms with Crippen LogP contribution in [0.5, 0.6) is 0 Å². The summed E-state index contributed by atoms with van der Waals surface area (Å²) in [5.41, 5.74) is 0.745. The van der Waals surface area contributed by atoms with Gasteiger partial charge in [-0.1, -0.05) is 51.1 Å². The highest BCUT2D eigenvalue weighted by Crippen LogP contribution is 2.41. The Morgan fingerprint density at radius 3 is 2.21 bits per heavy atom. The number of piperidine rings is 1. The number of nitrogens with zero attached hydrogens (tertiary/aromatic N) is 2. The Morgan fingerprint density at radius 2 is 1.62 bits per heavy atom. The molecule has 0 radical (unpaired) electrons. The summed E-state index contributed by atoms with van der Waals surface area (Å²) in [7, 11) is 2.08. The normalized spacial score (nSPS) is 19.9. The van der Waals surface area contributed by atoms with Crippen molar-refractivity contribution in [1.82, 2.24) is 10.2 Å². The van der Waals surface area contributed by atoms with E-state index in [4.69, 9.17) is 14.2 Å². The molecule has 1 saturated carbocycles. The molecule has 2 heterocycles. The number of rotatable bonds is 10. The van der Waals surface area contributed by atoms with E-state index in [1.807, 2.05) is 41.3 Å². The van der Waals surface area contributed by atoms with E-state index in [0.717, 1.165) is 62.1 Å². The molecule has 4 rings (SSSR count). The molecule has 0 bridgehead atoms. The van der Waals surface area contributed by atoms with Gasteiger partial charge in [-0.3, -0.25) is 4.79 Å². The lowest BCUT2D eigenvalue weighted by Gasteiger charge is -2.40. The van der Waals surface area contributed by atoms with Crippen LogP contribution in [-0.4, -0.2) is 73.5 Å². The fraction of sp³-hybridized carbons (Fsp3) is 0.611. The first-order chi connectivity index (χ1) is 22.2. The van der Waals surface area contributed by atoms with Crippen molar-refractivity contribution in [2.75, 3.05) is 31.8 Å². The zero-order valence-electron chi connectivity index (χ0n) is 28.9. The number of likely N-dealkylation sites (tertiary alicyclic amines) is 1. The van der Waals surface area contributed by atoms with Crippen molar-refractivity contribution in [2.45, 2.75) is 97.8 Å². The summed E-state index contributed by atoms with van der Waals surface area (Å²) in [6.45, 7) is 12.0. The van der Waals surface area contributed by atoms with Gasteiger partial charge in [-0.2, -0.15) is 0 Å². The fourth-order valence-electron chi connectivity index (χ4n) is 6.13. The predicted octanol–water partition coefficient (Wildman–Crippen LogP) is 6.88. The van der Waals surface area contributed by atoms with Crippen LogP contribution in [0.25, 0.3) is 10.4 Å². The fourth-order valence-corrected chi connectivity index (χ4v) is 7.18. The van der Waals surface area contributed by atoms with Crippen LogP contribution < -0.4 is 10.2 Å². The number of alkyl carbamates (subject to hydrolysis) is 1. The average Bonchev–Trinajstić information content (AvgIpc) is 3.45. The quantitative estimate of drug-likeness (QED) is 0.215. The van der Waals surface area contributed by atoms with Gasteiger partial charge in [0.1, 0.15) is 16.5 Å². The van der Waals surface area contributed by atoms with E-state index < -0.39 is 36.5 Å². The van der Waals surface area contributed by atoms with Crippen molar-refractivity contribution in [3.8, 4) is 10.4 Å². The molecular weight excluding hydrogens is 618 g/mol. The lowest BCUT2D eigenvalue weighted by molar-refractivity contribution is -0.155. The Labute approximate surface area is 283 Å². The third kappa shape index (κ3) is 10.0. The summed E-state index contributed by atoms with van der Waals surface area (Å²) in [4.78, 5) is 58.7. The van der Waals surface area contributed by atoms with E-state index in [1.165, 1.54) is 11.3 Å². The molecule has 2 fully saturated rings. The standard InChI is InChI=1S/C36H51N3O7S/c1-23(2)30(37-35(43)46-36(4,5)6)33(41)44-22-45-34(42)31-28(21-29(47-31)25-11-9-8-10-12-25)39(27-17-19-38(7)20-18-27)32(40)26-15-13-24(3)14-16-26/h8-12,21,23-24,26-27,30H,13-20,22H2,1-7H3,(H,37,43)/t24?,26?,30-/m0/s1. The van der Waals surface area contributed by atoms with Crippen molar-refractivity contribution in [2.24, 2.45) is 17.8 Å². The Morgan fingerprint density at radius 1 is 0.979 bits per heavy atom. The maximum absolute atomic E-state index is 14.4. The lowest BCUT2D eigenvalue weighted by Crippen LogP contribution is -2.49. The van der Waals surface area contributed by atoms with Gasteiger partial charge in [0, 0.05) is 16.8 Å². The Kier molecular flexibility index (Phi) is 12.5. The molecule has 11 heteroatoms. The summed E-state index contributed by atoms with van der Waals surface area (Å²) in [5, 5.41) is 2.55. The minimum atomic E-state index is -0.999. The molecule has 1 N–H and O–H groups in total. The van der Waals surface area contributed by atoms with Gasteiger partial charge in [0.2, 0.25) is 12.7 Å². The second-order valence-electron chi connectivity index (χ2n) is 14.3. The zero-order valence-corrected chi connectivity index (χ0v) is 29.7. The largest absolute Gasteiger partial charge is 0.444 e. The number of anilines is 1. The second-order valence-corrected chi connectivity index (χ2v) is 15.3. The highest BCUT2D eigenvalue weighted by molar-refractivity contribution is 7.18. The van der Waals surface area contributed by atoms with Gasteiger partial charge < -0.3 is 29.3 Å². The average molecular weight is 670 g/mol. The third-order valence-electron chi connectivity index (χ3n) is 8.86. The van der Waals surface area contributed by atoms with Crippen LogP contribution in [0.1, 0.15) is 89.7 Å². The highest BCUT2D eigenvalue weighted by atomic mass is 32.1. The number of nitrogens with one attached hydrogen (secondary N) is 1. The van der Waals surface area contributed by atoms with E-state index in [9.17, 15) is 19.2 Å². The minimum Gasteiger partial charge on any atom is -0.444 e. The van der Waals surface area contributed by atoms with Crippen molar-refractivity contribution < 1.29 is 33.4 Å². The molecule has 10 nitrogen and oxygen atoms in total. The molecule has 0 spiro atoms. The molecule has 2 aliphatic rings.